The van der Waals surface area contributed by atoms with E-state index in [1.165, 1.54) is 51.4 Å². The molecule has 0 saturated carbocycles. The Hall–Kier alpha value is -1.85. The standard InChI is InChI=1S/C21H34O6/c1-2-3-4-5-6-7-8-9-10-11-12-13-14-16-17(15-18(22)23)27-21(26)19(16)20(24)25/h17H,2-15H2,1H3,(H,22,23)(H,24,25). The monoisotopic (exact) mass is 382 g/mol. The molecule has 0 aromatic rings. The molecular weight excluding hydrogens is 348 g/mol. The quantitative estimate of drug-likeness (QED) is 0.225. The molecule has 0 aliphatic carbocycles. The lowest BCUT2D eigenvalue weighted by Gasteiger charge is -2.11. The zero-order valence-corrected chi connectivity index (χ0v) is 16.5. The average molecular weight is 382 g/mol. The van der Waals surface area contributed by atoms with E-state index in [0.717, 1.165) is 25.7 Å². The summed E-state index contributed by atoms with van der Waals surface area (Å²) in [5, 5.41) is 18.1. The SMILES string of the molecule is CCCCCCCCCCCCCCC1=C(C(=O)O)C(=O)OC1CC(=O)O. The Kier molecular flexibility index (Phi) is 11.5. The van der Waals surface area contributed by atoms with Crippen molar-refractivity contribution in [3.63, 3.8) is 0 Å². The Labute approximate surface area is 162 Å². The zero-order chi connectivity index (χ0) is 20.1. The van der Waals surface area contributed by atoms with Crippen LogP contribution in [-0.2, 0) is 19.1 Å². The molecule has 0 radical (unpaired) electrons. The topological polar surface area (TPSA) is 101 Å². The summed E-state index contributed by atoms with van der Waals surface area (Å²) >= 11 is 0. The van der Waals surface area contributed by atoms with E-state index in [1.54, 1.807) is 0 Å². The van der Waals surface area contributed by atoms with E-state index in [4.69, 9.17) is 9.84 Å². The molecule has 0 spiro atoms. The maximum Gasteiger partial charge on any atom is 0.346 e. The molecule has 1 rings (SSSR count). The third-order valence-electron chi connectivity index (χ3n) is 5.04. The van der Waals surface area contributed by atoms with Crippen LogP contribution in [0.2, 0.25) is 0 Å². The summed E-state index contributed by atoms with van der Waals surface area (Å²) in [7, 11) is 0. The number of unbranched alkanes of at least 4 members (excludes halogenated alkanes) is 11. The molecule has 154 valence electrons. The Morgan fingerprint density at radius 1 is 0.852 bits per heavy atom. The van der Waals surface area contributed by atoms with E-state index >= 15 is 0 Å². The van der Waals surface area contributed by atoms with Crippen LogP contribution in [0.4, 0.5) is 0 Å². The first kappa shape index (κ1) is 23.2. The molecule has 1 aliphatic heterocycles. The smallest absolute Gasteiger partial charge is 0.346 e. The number of aliphatic carboxylic acids is 2. The van der Waals surface area contributed by atoms with Gasteiger partial charge < -0.3 is 14.9 Å². The fraction of sp³-hybridized carbons (Fsp3) is 0.762. The van der Waals surface area contributed by atoms with Gasteiger partial charge in [0.2, 0.25) is 0 Å². The highest BCUT2D eigenvalue weighted by Crippen LogP contribution is 2.30. The van der Waals surface area contributed by atoms with Crippen LogP contribution in [0.15, 0.2) is 11.1 Å². The van der Waals surface area contributed by atoms with Gasteiger partial charge in [-0.3, -0.25) is 4.79 Å². The Morgan fingerprint density at radius 2 is 1.33 bits per heavy atom. The van der Waals surface area contributed by atoms with Crippen LogP contribution in [-0.4, -0.2) is 34.2 Å². The minimum Gasteiger partial charge on any atom is -0.481 e. The summed E-state index contributed by atoms with van der Waals surface area (Å²) in [4.78, 5) is 33.8. The van der Waals surface area contributed by atoms with E-state index < -0.39 is 24.0 Å². The van der Waals surface area contributed by atoms with Gasteiger partial charge in [-0.25, -0.2) is 9.59 Å². The first-order chi connectivity index (χ1) is 13.0. The largest absolute Gasteiger partial charge is 0.481 e. The van der Waals surface area contributed by atoms with Crippen molar-refractivity contribution in [1.29, 1.82) is 0 Å². The summed E-state index contributed by atoms with van der Waals surface area (Å²) < 4.78 is 4.94. The highest BCUT2D eigenvalue weighted by atomic mass is 16.6. The van der Waals surface area contributed by atoms with E-state index in [2.05, 4.69) is 6.92 Å². The van der Waals surface area contributed by atoms with Crippen molar-refractivity contribution in [1.82, 2.24) is 0 Å². The molecule has 6 heteroatoms. The van der Waals surface area contributed by atoms with E-state index in [-0.39, 0.29) is 12.0 Å². The maximum atomic E-state index is 11.7. The number of carbonyl (C=O) groups excluding carboxylic acids is 1. The number of carboxylic acids is 2. The lowest BCUT2D eigenvalue weighted by Crippen LogP contribution is -2.16. The van der Waals surface area contributed by atoms with Gasteiger partial charge in [0.15, 0.2) is 0 Å². The summed E-state index contributed by atoms with van der Waals surface area (Å²) in [5.74, 6) is -3.35. The van der Waals surface area contributed by atoms with Crippen LogP contribution in [0, 0.1) is 0 Å². The predicted molar refractivity (Wildman–Crippen MR) is 102 cm³/mol. The number of cyclic esters (lactones) is 1. The van der Waals surface area contributed by atoms with Gasteiger partial charge in [0.25, 0.3) is 0 Å². The average Bonchev–Trinajstić information content (AvgIpc) is 2.90. The fourth-order valence-corrected chi connectivity index (χ4v) is 3.54. The predicted octanol–water partition coefficient (Wildman–Crippen LogP) is 4.86. The number of rotatable bonds is 16. The number of carbonyl (C=O) groups is 3. The van der Waals surface area contributed by atoms with E-state index in [0.29, 0.717) is 12.0 Å². The Bertz CT molecular complexity index is 523. The van der Waals surface area contributed by atoms with Crippen LogP contribution in [0.1, 0.15) is 96.8 Å². The second-order valence-electron chi connectivity index (χ2n) is 7.34. The number of ether oxygens (including phenoxy) is 1. The Balaban J connectivity index is 2.22. The summed E-state index contributed by atoms with van der Waals surface area (Å²) in [6.07, 6.45) is 13.4. The van der Waals surface area contributed by atoms with Gasteiger partial charge in [-0.05, 0) is 18.4 Å². The molecule has 0 aromatic heterocycles. The molecule has 0 amide bonds. The van der Waals surface area contributed by atoms with Crippen molar-refractivity contribution >= 4 is 17.9 Å². The molecular formula is C21H34O6. The van der Waals surface area contributed by atoms with Gasteiger partial charge in [0, 0.05) is 0 Å². The molecule has 2 N–H and O–H groups in total. The van der Waals surface area contributed by atoms with Crippen molar-refractivity contribution in [2.45, 2.75) is 103 Å². The molecule has 1 heterocycles. The highest BCUT2D eigenvalue weighted by molar-refractivity contribution is 6.15. The van der Waals surface area contributed by atoms with Crippen molar-refractivity contribution in [3.8, 4) is 0 Å². The van der Waals surface area contributed by atoms with Gasteiger partial charge in [-0.15, -0.1) is 0 Å². The highest BCUT2D eigenvalue weighted by Gasteiger charge is 2.38. The van der Waals surface area contributed by atoms with Crippen LogP contribution in [0.25, 0.3) is 0 Å². The molecule has 27 heavy (non-hydrogen) atoms. The molecule has 0 fully saturated rings. The van der Waals surface area contributed by atoms with E-state index in [1.807, 2.05) is 0 Å². The maximum absolute atomic E-state index is 11.7. The number of hydrogen-bond donors (Lipinski definition) is 2. The van der Waals surface area contributed by atoms with E-state index in [9.17, 15) is 19.5 Å². The second kappa shape index (κ2) is 13.3. The zero-order valence-electron chi connectivity index (χ0n) is 16.5. The minimum atomic E-state index is -1.33. The van der Waals surface area contributed by atoms with Gasteiger partial charge in [0.05, 0.1) is 6.42 Å². The van der Waals surface area contributed by atoms with Gasteiger partial charge in [-0.2, -0.15) is 0 Å². The lowest BCUT2D eigenvalue weighted by atomic mass is 9.96. The van der Waals surface area contributed by atoms with Crippen molar-refractivity contribution in [2.75, 3.05) is 0 Å². The van der Waals surface area contributed by atoms with Crippen molar-refractivity contribution in [3.05, 3.63) is 11.1 Å². The second-order valence-corrected chi connectivity index (χ2v) is 7.34. The lowest BCUT2D eigenvalue weighted by molar-refractivity contribution is -0.146. The number of carboxylic acid groups (broad SMARTS) is 2. The summed E-state index contributed by atoms with van der Waals surface area (Å²) in [6.45, 7) is 2.23. The Morgan fingerprint density at radius 3 is 1.78 bits per heavy atom. The number of esters is 1. The molecule has 0 saturated heterocycles. The molecule has 1 aliphatic rings. The molecule has 0 bridgehead atoms. The van der Waals surface area contributed by atoms with Crippen molar-refractivity contribution < 1.29 is 29.3 Å². The van der Waals surface area contributed by atoms with Crippen LogP contribution in [0.5, 0.6) is 0 Å². The summed E-state index contributed by atoms with van der Waals surface area (Å²) in [5.41, 5.74) is -0.0358. The molecule has 6 nitrogen and oxygen atoms in total. The van der Waals surface area contributed by atoms with Crippen LogP contribution < -0.4 is 0 Å². The fourth-order valence-electron chi connectivity index (χ4n) is 3.54. The van der Waals surface area contributed by atoms with Crippen LogP contribution in [0.3, 0.4) is 0 Å². The van der Waals surface area contributed by atoms with Gasteiger partial charge >= 0.3 is 17.9 Å². The number of hydrogen-bond acceptors (Lipinski definition) is 4. The molecule has 1 unspecified atom stereocenters. The van der Waals surface area contributed by atoms with Gasteiger partial charge in [-0.1, -0.05) is 77.6 Å². The first-order valence-corrected chi connectivity index (χ1v) is 10.4. The third-order valence-corrected chi connectivity index (χ3v) is 5.04. The third kappa shape index (κ3) is 9.07. The van der Waals surface area contributed by atoms with Crippen molar-refractivity contribution in [2.24, 2.45) is 0 Å². The van der Waals surface area contributed by atoms with Crippen LogP contribution >= 0.6 is 0 Å². The molecule has 1 atom stereocenters. The normalized spacial score (nSPS) is 16.6. The summed E-state index contributed by atoms with van der Waals surface area (Å²) in [6, 6.07) is 0. The first-order valence-electron chi connectivity index (χ1n) is 10.4. The minimum absolute atomic E-state index is 0.335. The van der Waals surface area contributed by atoms with Gasteiger partial charge in [0.1, 0.15) is 11.7 Å². The molecule has 0 aromatic carbocycles.